The van der Waals surface area contributed by atoms with Gasteiger partial charge in [-0.2, -0.15) is 4.98 Å². The van der Waals surface area contributed by atoms with E-state index in [1.165, 1.54) is 0 Å². The minimum atomic E-state index is -0.0646. The number of pyridine rings is 1. The summed E-state index contributed by atoms with van der Waals surface area (Å²) in [6, 6.07) is 3.68. The van der Waals surface area contributed by atoms with Crippen molar-refractivity contribution in [2.45, 2.75) is 13.0 Å². The van der Waals surface area contributed by atoms with Crippen molar-refractivity contribution in [2.75, 3.05) is 14.2 Å². The van der Waals surface area contributed by atoms with Gasteiger partial charge in [-0.05, 0) is 13.0 Å². The van der Waals surface area contributed by atoms with Crippen molar-refractivity contribution in [1.82, 2.24) is 15.0 Å². The van der Waals surface area contributed by atoms with Crippen LogP contribution in [-0.4, -0.2) is 29.2 Å². The van der Waals surface area contributed by atoms with Gasteiger partial charge < -0.3 is 14.5 Å². The molecule has 15 heavy (non-hydrogen) atoms. The number of methoxy groups -OCH3 is 2. The Kier molecular flexibility index (Phi) is 2.55. The van der Waals surface area contributed by atoms with Crippen LogP contribution in [-0.2, 0) is 4.74 Å². The van der Waals surface area contributed by atoms with E-state index >= 15 is 0 Å². The lowest BCUT2D eigenvalue weighted by Crippen LogP contribution is -1.97. The van der Waals surface area contributed by atoms with Crippen molar-refractivity contribution in [3.05, 3.63) is 18.0 Å². The van der Waals surface area contributed by atoms with Crippen LogP contribution < -0.4 is 4.74 Å². The van der Waals surface area contributed by atoms with Gasteiger partial charge in [0.25, 0.3) is 0 Å². The molecule has 0 spiro atoms. The lowest BCUT2D eigenvalue weighted by Gasteiger charge is -2.03. The van der Waals surface area contributed by atoms with Crippen LogP contribution in [0.15, 0.2) is 12.1 Å². The fraction of sp³-hybridized carbons (Fsp3) is 0.400. The van der Waals surface area contributed by atoms with Gasteiger partial charge in [0.15, 0.2) is 5.65 Å². The number of fused-ring (bicyclic) bond motifs is 1. The number of aromatic amines is 1. The molecule has 0 fully saturated rings. The van der Waals surface area contributed by atoms with Crippen molar-refractivity contribution in [2.24, 2.45) is 0 Å². The van der Waals surface area contributed by atoms with E-state index in [4.69, 9.17) is 9.47 Å². The minimum Gasteiger partial charge on any atom is -0.481 e. The number of rotatable bonds is 3. The molecule has 0 aliphatic heterocycles. The van der Waals surface area contributed by atoms with Crippen LogP contribution in [0.4, 0.5) is 0 Å². The highest BCUT2D eigenvalue weighted by atomic mass is 16.5. The third kappa shape index (κ3) is 1.78. The maximum atomic E-state index is 5.17. The van der Waals surface area contributed by atoms with Crippen molar-refractivity contribution < 1.29 is 9.47 Å². The highest BCUT2D eigenvalue weighted by Crippen LogP contribution is 2.18. The zero-order valence-corrected chi connectivity index (χ0v) is 8.94. The summed E-state index contributed by atoms with van der Waals surface area (Å²) in [5.74, 6) is 1.33. The van der Waals surface area contributed by atoms with E-state index < -0.39 is 0 Å². The van der Waals surface area contributed by atoms with E-state index in [1.807, 2.05) is 13.0 Å². The maximum Gasteiger partial charge on any atom is 0.215 e. The van der Waals surface area contributed by atoms with Gasteiger partial charge in [-0.25, -0.2) is 4.98 Å². The van der Waals surface area contributed by atoms with Crippen LogP contribution in [0.2, 0.25) is 0 Å². The van der Waals surface area contributed by atoms with Crippen LogP contribution in [0.1, 0.15) is 18.9 Å². The van der Waals surface area contributed by atoms with E-state index in [-0.39, 0.29) is 6.10 Å². The van der Waals surface area contributed by atoms with Crippen LogP contribution in [0.3, 0.4) is 0 Å². The summed E-state index contributed by atoms with van der Waals surface area (Å²) < 4.78 is 10.2. The number of imidazole rings is 1. The standard InChI is InChI=1S/C10H13N3O2/c1-6(14-2)9-11-7-4-5-8(15-3)12-10(7)13-9/h4-6H,1-3H3,(H,11,12,13). The van der Waals surface area contributed by atoms with Gasteiger partial charge in [-0.3, -0.25) is 0 Å². The highest BCUT2D eigenvalue weighted by molar-refractivity contribution is 5.71. The van der Waals surface area contributed by atoms with E-state index in [0.717, 1.165) is 11.3 Å². The maximum absolute atomic E-state index is 5.17. The first kappa shape index (κ1) is 9.92. The molecule has 2 heterocycles. The fourth-order valence-electron chi connectivity index (χ4n) is 1.31. The second kappa shape index (κ2) is 3.86. The van der Waals surface area contributed by atoms with Gasteiger partial charge in [-0.1, -0.05) is 0 Å². The Hall–Kier alpha value is -1.62. The molecule has 0 aliphatic rings. The Bertz CT molecular complexity index is 467. The monoisotopic (exact) mass is 207 g/mol. The number of nitrogens with one attached hydrogen (secondary N) is 1. The van der Waals surface area contributed by atoms with Crippen LogP contribution in [0, 0.1) is 0 Å². The van der Waals surface area contributed by atoms with Crippen molar-refractivity contribution in [1.29, 1.82) is 0 Å². The van der Waals surface area contributed by atoms with Crippen molar-refractivity contribution in [3.8, 4) is 5.88 Å². The van der Waals surface area contributed by atoms with E-state index in [0.29, 0.717) is 11.5 Å². The Morgan fingerprint density at radius 3 is 2.73 bits per heavy atom. The molecule has 1 atom stereocenters. The molecule has 2 aromatic rings. The molecular weight excluding hydrogens is 194 g/mol. The molecule has 1 N–H and O–H groups in total. The quantitative estimate of drug-likeness (QED) is 0.831. The number of nitrogens with zero attached hydrogens (tertiary/aromatic N) is 2. The van der Waals surface area contributed by atoms with Crippen LogP contribution in [0.25, 0.3) is 11.2 Å². The summed E-state index contributed by atoms with van der Waals surface area (Å²) in [7, 11) is 3.23. The molecule has 0 saturated carbocycles. The molecule has 80 valence electrons. The molecule has 1 unspecified atom stereocenters. The largest absolute Gasteiger partial charge is 0.481 e. The lowest BCUT2D eigenvalue weighted by atomic mass is 10.4. The van der Waals surface area contributed by atoms with E-state index in [1.54, 1.807) is 20.3 Å². The first-order valence-electron chi connectivity index (χ1n) is 4.68. The number of H-pyrrole nitrogens is 1. The van der Waals surface area contributed by atoms with E-state index in [9.17, 15) is 0 Å². The number of aromatic nitrogens is 3. The van der Waals surface area contributed by atoms with Crippen molar-refractivity contribution in [3.63, 3.8) is 0 Å². The van der Waals surface area contributed by atoms with Gasteiger partial charge in [0, 0.05) is 13.2 Å². The average Bonchev–Trinajstić information content (AvgIpc) is 2.70. The number of ether oxygens (including phenoxy) is 2. The SMILES string of the molecule is COc1ccc2[nH]c(C(C)OC)nc2n1. The summed E-state index contributed by atoms with van der Waals surface area (Å²) in [6.45, 7) is 1.93. The second-order valence-electron chi connectivity index (χ2n) is 3.22. The number of hydrogen-bond donors (Lipinski definition) is 1. The van der Waals surface area contributed by atoms with Gasteiger partial charge in [0.1, 0.15) is 11.9 Å². The molecule has 0 aliphatic carbocycles. The molecule has 0 radical (unpaired) electrons. The average molecular weight is 207 g/mol. The van der Waals surface area contributed by atoms with Crippen LogP contribution in [0.5, 0.6) is 5.88 Å². The minimum absolute atomic E-state index is 0.0646. The molecule has 5 heteroatoms. The molecule has 5 nitrogen and oxygen atoms in total. The smallest absolute Gasteiger partial charge is 0.215 e. The molecular formula is C10H13N3O2. The third-order valence-electron chi connectivity index (χ3n) is 2.29. The van der Waals surface area contributed by atoms with Gasteiger partial charge in [0.2, 0.25) is 5.88 Å². The molecule has 0 amide bonds. The summed E-state index contributed by atoms with van der Waals surface area (Å²) in [4.78, 5) is 11.7. The van der Waals surface area contributed by atoms with Gasteiger partial charge in [-0.15, -0.1) is 0 Å². The Morgan fingerprint density at radius 2 is 2.07 bits per heavy atom. The summed E-state index contributed by atoms with van der Waals surface area (Å²) in [5.41, 5.74) is 1.53. The van der Waals surface area contributed by atoms with Crippen LogP contribution >= 0.6 is 0 Å². The Morgan fingerprint density at radius 1 is 1.27 bits per heavy atom. The summed E-state index contributed by atoms with van der Waals surface area (Å²) in [5, 5.41) is 0. The lowest BCUT2D eigenvalue weighted by molar-refractivity contribution is 0.113. The normalized spacial score (nSPS) is 13.0. The van der Waals surface area contributed by atoms with Crippen molar-refractivity contribution >= 4 is 11.2 Å². The van der Waals surface area contributed by atoms with E-state index in [2.05, 4.69) is 15.0 Å². The highest BCUT2D eigenvalue weighted by Gasteiger charge is 2.10. The number of hydrogen-bond acceptors (Lipinski definition) is 4. The summed E-state index contributed by atoms with van der Waals surface area (Å²) >= 11 is 0. The molecule has 0 aromatic carbocycles. The molecule has 0 bridgehead atoms. The Labute approximate surface area is 87.4 Å². The predicted molar refractivity (Wildman–Crippen MR) is 55.9 cm³/mol. The first-order valence-corrected chi connectivity index (χ1v) is 4.68. The van der Waals surface area contributed by atoms with Gasteiger partial charge >= 0.3 is 0 Å². The molecule has 2 rings (SSSR count). The molecule has 2 aromatic heterocycles. The zero-order chi connectivity index (χ0) is 10.8. The zero-order valence-electron chi connectivity index (χ0n) is 8.94. The van der Waals surface area contributed by atoms with Gasteiger partial charge in [0.05, 0.1) is 12.6 Å². The Balaban J connectivity index is 2.46. The topological polar surface area (TPSA) is 60.0 Å². The summed E-state index contributed by atoms with van der Waals surface area (Å²) in [6.07, 6.45) is -0.0646. The third-order valence-corrected chi connectivity index (χ3v) is 2.29. The second-order valence-corrected chi connectivity index (χ2v) is 3.22. The fourth-order valence-corrected chi connectivity index (χ4v) is 1.31. The molecule has 0 saturated heterocycles. The first-order chi connectivity index (χ1) is 7.24. The predicted octanol–water partition coefficient (Wildman–Crippen LogP) is 1.67.